The summed E-state index contributed by atoms with van der Waals surface area (Å²) in [6, 6.07) is 3.78. The summed E-state index contributed by atoms with van der Waals surface area (Å²) in [4.78, 5) is 17.2. The summed E-state index contributed by atoms with van der Waals surface area (Å²) in [7, 11) is -3.61. The van der Waals surface area contributed by atoms with Gasteiger partial charge in [0, 0.05) is 17.8 Å². The number of benzene rings is 1. The molecule has 3 rings (SSSR count). The molecule has 7 nitrogen and oxygen atoms in total. The lowest BCUT2D eigenvalue weighted by Crippen LogP contribution is -2.36. The van der Waals surface area contributed by atoms with Crippen LogP contribution in [0.2, 0.25) is 0 Å². The molecule has 1 aromatic carbocycles. The monoisotopic (exact) mass is 409 g/mol. The number of ether oxygens (including phenoxy) is 1. The molecule has 0 radical (unpaired) electrons. The van der Waals surface area contributed by atoms with Gasteiger partial charge in [0.25, 0.3) is 0 Å². The van der Waals surface area contributed by atoms with E-state index in [1.807, 2.05) is 32.9 Å². The molecule has 0 spiro atoms. The second-order valence-electron chi connectivity index (χ2n) is 6.55. The van der Waals surface area contributed by atoms with Crippen LogP contribution >= 0.6 is 11.3 Å². The molecule has 1 N–H and O–H groups in total. The Hall–Kier alpha value is -1.97. The third kappa shape index (κ3) is 3.99. The van der Waals surface area contributed by atoms with E-state index >= 15 is 0 Å². The number of amides is 1. The molecule has 0 fully saturated rings. The molecule has 0 atom stereocenters. The number of nitrogens with zero attached hydrogens (tertiary/aromatic N) is 2. The third-order valence-corrected chi connectivity index (χ3v) is 7.53. The minimum Gasteiger partial charge on any atom is -0.450 e. The van der Waals surface area contributed by atoms with Gasteiger partial charge in [-0.15, -0.1) is 0 Å². The Kier molecular flexibility index (Phi) is 5.55. The summed E-state index contributed by atoms with van der Waals surface area (Å²) in [5.41, 5.74) is 3.39. The predicted molar refractivity (Wildman–Crippen MR) is 105 cm³/mol. The number of fused-ring (bicyclic) bond motifs is 1. The van der Waals surface area contributed by atoms with Crippen molar-refractivity contribution in [3.05, 3.63) is 39.4 Å². The quantitative estimate of drug-likeness (QED) is 0.836. The van der Waals surface area contributed by atoms with Crippen LogP contribution in [0.1, 0.15) is 34.2 Å². The number of anilines is 1. The predicted octanol–water partition coefficient (Wildman–Crippen LogP) is 3.38. The van der Waals surface area contributed by atoms with Crippen molar-refractivity contribution in [3.8, 4) is 0 Å². The average molecular weight is 410 g/mol. The first-order valence-electron chi connectivity index (χ1n) is 8.72. The van der Waals surface area contributed by atoms with Gasteiger partial charge in [-0.2, -0.15) is 4.31 Å². The molecule has 146 valence electrons. The number of thiazole rings is 1. The number of aryl methyl sites for hydroxylation is 3. The van der Waals surface area contributed by atoms with Gasteiger partial charge in [0.2, 0.25) is 10.0 Å². The molecule has 1 aromatic heterocycles. The highest BCUT2D eigenvalue weighted by molar-refractivity contribution is 7.89. The molecule has 0 saturated heterocycles. The van der Waals surface area contributed by atoms with Gasteiger partial charge in [-0.1, -0.05) is 29.0 Å². The normalized spacial score (nSPS) is 14.7. The standard InChI is InChI=1S/C18H23N3O4S2/c1-5-25-18(22)20-17-19-14-6-7-21(10-15(14)26-17)27(23,24)16-12(3)8-11(2)9-13(16)4/h8-9H,5-7,10H2,1-4H3,(H,19,20,22). The van der Waals surface area contributed by atoms with Gasteiger partial charge in [0.15, 0.2) is 5.13 Å². The number of sulfonamides is 1. The van der Waals surface area contributed by atoms with Crippen molar-refractivity contribution in [1.82, 2.24) is 9.29 Å². The second kappa shape index (κ2) is 7.57. The summed E-state index contributed by atoms with van der Waals surface area (Å²) in [6.45, 7) is 8.24. The van der Waals surface area contributed by atoms with E-state index in [-0.39, 0.29) is 13.2 Å². The molecule has 1 aliphatic heterocycles. The first-order valence-corrected chi connectivity index (χ1v) is 11.0. The number of rotatable bonds is 4. The number of carbonyl (C=O) groups excluding carboxylic acids is 1. The summed E-state index contributed by atoms with van der Waals surface area (Å²) in [5.74, 6) is 0. The summed E-state index contributed by atoms with van der Waals surface area (Å²) in [6.07, 6.45) is -0.0431. The van der Waals surface area contributed by atoms with Crippen LogP contribution in [0.3, 0.4) is 0 Å². The molecular formula is C18H23N3O4S2. The van der Waals surface area contributed by atoms with E-state index in [9.17, 15) is 13.2 Å². The van der Waals surface area contributed by atoms with Crippen LogP contribution in [0.15, 0.2) is 17.0 Å². The Labute approximate surface area is 163 Å². The fraction of sp³-hybridized carbons (Fsp3) is 0.444. The van der Waals surface area contributed by atoms with Crippen LogP contribution in [0.4, 0.5) is 9.93 Å². The molecule has 1 amide bonds. The van der Waals surface area contributed by atoms with Gasteiger partial charge >= 0.3 is 6.09 Å². The number of aromatic nitrogens is 1. The van der Waals surface area contributed by atoms with Gasteiger partial charge in [-0.3, -0.25) is 5.32 Å². The maximum atomic E-state index is 13.2. The van der Waals surface area contributed by atoms with Crippen LogP contribution in [-0.2, 0) is 27.7 Å². The molecular weight excluding hydrogens is 386 g/mol. The van der Waals surface area contributed by atoms with Gasteiger partial charge in [-0.25, -0.2) is 18.2 Å². The minimum absolute atomic E-state index is 0.257. The molecule has 27 heavy (non-hydrogen) atoms. The van der Waals surface area contributed by atoms with Crippen LogP contribution in [0.25, 0.3) is 0 Å². The largest absolute Gasteiger partial charge is 0.450 e. The van der Waals surface area contributed by atoms with Crippen molar-refractivity contribution in [2.45, 2.75) is 45.6 Å². The Bertz CT molecular complexity index is 959. The Morgan fingerprint density at radius 1 is 1.30 bits per heavy atom. The van der Waals surface area contributed by atoms with Gasteiger partial charge < -0.3 is 4.74 Å². The zero-order valence-electron chi connectivity index (χ0n) is 15.8. The fourth-order valence-corrected chi connectivity index (χ4v) is 6.30. The minimum atomic E-state index is -3.61. The van der Waals surface area contributed by atoms with E-state index in [0.717, 1.165) is 27.3 Å². The van der Waals surface area contributed by atoms with Crippen LogP contribution in [-0.4, -0.2) is 37.0 Å². The lowest BCUT2D eigenvalue weighted by atomic mass is 10.1. The van der Waals surface area contributed by atoms with Crippen molar-refractivity contribution in [2.75, 3.05) is 18.5 Å². The smallest absolute Gasteiger partial charge is 0.413 e. The summed E-state index contributed by atoms with van der Waals surface area (Å²) >= 11 is 1.29. The van der Waals surface area contributed by atoms with Gasteiger partial charge in [0.05, 0.1) is 23.7 Å². The van der Waals surface area contributed by atoms with Gasteiger partial charge in [-0.05, 0) is 38.8 Å². The molecule has 1 aliphatic rings. The topological polar surface area (TPSA) is 88.6 Å². The van der Waals surface area contributed by atoms with Crippen molar-refractivity contribution in [3.63, 3.8) is 0 Å². The number of carbonyl (C=O) groups is 1. The SMILES string of the molecule is CCOC(=O)Nc1nc2c(s1)CN(S(=O)(=O)c1c(C)cc(C)cc1C)CC2. The Balaban J connectivity index is 1.85. The van der Waals surface area contributed by atoms with Crippen molar-refractivity contribution in [1.29, 1.82) is 0 Å². The zero-order valence-corrected chi connectivity index (χ0v) is 17.5. The average Bonchev–Trinajstić information content (AvgIpc) is 2.94. The van der Waals surface area contributed by atoms with E-state index in [1.54, 1.807) is 6.92 Å². The maximum absolute atomic E-state index is 13.2. The maximum Gasteiger partial charge on any atom is 0.413 e. The lowest BCUT2D eigenvalue weighted by Gasteiger charge is -2.27. The highest BCUT2D eigenvalue weighted by Gasteiger charge is 2.32. The van der Waals surface area contributed by atoms with Crippen LogP contribution < -0.4 is 5.32 Å². The summed E-state index contributed by atoms with van der Waals surface area (Å²) in [5, 5.41) is 3.02. The fourth-order valence-electron chi connectivity index (χ4n) is 3.39. The van der Waals surface area contributed by atoms with Crippen molar-refractivity contribution in [2.24, 2.45) is 0 Å². The first-order chi connectivity index (χ1) is 12.7. The lowest BCUT2D eigenvalue weighted by molar-refractivity contribution is 0.168. The first kappa shape index (κ1) is 19.8. The second-order valence-corrected chi connectivity index (χ2v) is 9.51. The summed E-state index contributed by atoms with van der Waals surface area (Å²) < 4.78 is 32.8. The number of hydrogen-bond donors (Lipinski definition) is 1. The molecule has 0 saturated carbocycles. The van der Waals surface area contributed by atoms with E-state index in [4.69, 9.17) is 4.74 Å². The van der Waals surface area contributed by atoms with E-state index in [0.29, 0.717) is 23.0 Å². The Morgan fingerprint density at radius 2 is 1.96 bits per heavy atom. The van der Waals surface area contributed by atoms with E-state index in [1.165, 1.54) is 15.6 Å². The van der Waals surface area contributed by atoms with Gasteiger partial charge in [0.1, 0.15) is 0 Å². The molecule has 2 aromatic rings. The number of hydrogen-bond acceptors (Lipinski definition) is 6. The molecule has 9 heteroatoms. The van der Waals surface area contributed by atoms with Crippen molar-refractivity contribution >= 4 is 32.6 Å². The van der Waals surface area contributed by atoms with Crippen molar-refractivity contribution < 1.29 is 17.9 Å². The van der Waals surface area contributed by atoms with Crippen LogP contribution in [0, 0.1) is 20.8 Å². The molecule has 0 unspecified atom stereocenters. The molecule has 2 heterocycles. The van der Waals surface area contributed by atoms with Crippen LogP contribution in [0.5, 0.6) is 0 Å². The van der Waals surface area contributed by atoms with E-state index in [2.05, 4.69) is 10.3 Å². The Morgan fingerprint density at radius 3 is 2.59 bits per heavy atom. The van der Waals surface area contributed by atoms with E-state index < -0.39 is 16.1 Å². The molecule has 0 bridgehead atoms. The molecule has 0 aliphatic carbocycles. The number of nitrogens with one attached hydrogen (secondary N) is 1. The third-order valence-electron chi connectivity index (χ3n) is 4.38. The zero-order chi connectivity index (χ0) is 19.8. The highest BCUT2D eigenvalue weighted by atomic mass is 32.2. The highest BCUT2D eigenvalue weighted by Crippen LogP contribution is 2.33.